The lowest BCUT2D eigenvalue weighted by molar-refractivity contribution is 0.253. The van der Waals surface area contributed by atoms with Crippen LogP contribution in [0.1, 0.15) is 43.4 Å². The molecule has 21 heavy (non-hydrogen) atoms. The molecule has 0 radical (unpaired) electrons. The maximum Gasteiger partial charge on any atom is 0.0325 e. The van der Waals surface area contributed by atoms with E-state index in [4.69, 9.17) is 0 Å². The molecule has 0 saturated carbocycles. The van der Waals surface area contributed by atoms with Gasteiger partial charge in [0.15, 0.2) is 0 Å². The van der Waals surface area contributed by atoms with Crippen molar-refractivity contribution >= 4 is 11.3 Å². The van der Waals surface area contributed by atoms with Crippen LogP contribution in [0, 0.1) is 0 Å². The van der Waals surface area contributed by atoms with Gasteiger partial charge < -0.3 is 15.1 Å². The average Bonchev–Trinajstić information content (AvgIpc) is 3.04. The molecule has 1 fully saturated rings. The van der Waals surface area contributed by atoms with Crippen LogP contribution in [0.25, 0.3) is 0 Å². The van der Waals surface area contributed by atoms with Crippen molar-refractivity contribution in [3.8, 4) is 0 Å². The minimum Gasteiger partial charge on any atom is -0.307 e. The first-order chi connectivity index (χ1) is 9.92. The van der Waals surface area contributed by atoms with Crippen molar-refractivity contribution in [3.05, 3.63) is 21.9 Å². The lowest BCUT2D eigenvalue weighted by atomic mass is 10.1. The van der Waals surface area contributed by atoms with Crippen LogP contribution in [0.5, 0.6) is 0 Å². The second kappa shape index (κ2) is 7.73. The van der Waals surface area contributed by atoms with Crippen LogP contribution in [0.15, 0.2) is 12.1 Å². The van der Waals surface area contributed by atoms with Gasteiger partial charge in [-0.05, 0) is 65.9 Å². The minimum atomic E-state index is 0.191. The molecule has 3 nitrogen and oxygen atoms in total. The maximum atomic E-state index is 3.56. The molecule has 0 aromatic carbocycles. The molecule has 1 aromatic heterocycles. The molecule has 0 aliphatic carbocycles. The summed E-state index contributed by atoms with van der Waals surface area (Å²) in [5.41, 5.74) is 0.191. The van der Waals surface area contributed by atoms with Crippen LogP contribution in [-0.2, 0) is 13.1 Å². The van der Waals surface area contributed by atoms with Crippen molar-refractivity contribution in [2.45, 2.75) is 52.2 Å². The zero-order chi connectivity index (χ0) is 15.3. The van der Waals surface area contributed by atoms with E-state index < -0.39 is 0 Å². The molecule has 1 saturated heterocycles. The summed E-state index contributed by atoms with van der Waals surface area (Å²) in [6.07, 6.45) is 2.78. The van der Waals surface area contributed by atoms with Crippen molar-refractivity contribution in [2.75, 3.05) is 33.2 Å². The number of nitrogens with zero attached hydrogens (tertiary/aromatic N) is 2. The zero-order valence-corrected chi connectivity index (χ0v) is 14.9. The van der Waals surface area contributed by atoms with Gasteiger partial charge >= 0.3 is 0 Å². The Morgan fingerprint density at radius 2 is 1.86 bits per heavy atom. The minimum absolute atomic E-state index is 0.191. The van der Waals surface area contributed by atoms with E-state index in [1.54, 1.807) is 0 Å². The third kappa shape index (κ3) is 6.47. The number of hydrogen-bond donors (Lipinski definition) is 1. The molecule has 0 amide bonds. The predicted molar refractivity (Wildman–Crippen MR) is 92.9 cm³/mol. The lowest BCUT2D eigenvalue weighted by Crippen LogP contribution is -2.34. The molecule has 0 unspecified atom stereocenters. The van der Waals surface area contributed by atoms with E-state index >= 15 is 0 Å². The van der Waals surface area contributed by atoms with Crippen LogP contribution < -0.4 is 5.32 Å². The summed E-state index contributed by atoms with van der Waals surface area (Å²) in [6.45, 7) is 13.7. The standard InChI is InChI=1S/C17H31N3S/c1-17(2,3)18-13-15-7-8-16(21-15)14-19(4)11-12-20-9-5-6-10-20/h7-8,18H,5-6,9-14H2,1-4H3. The molecule has 0 bridgehead atoms. The largest absolute Gasteiger partial charge is 0.307 e. The predicted octanol–water partition coefficient (Wildman–Crippen LogP) is 3.16. The number of hydrogen-bond acceptors (Lipinski definition) is 4. The van der Waals surface area contributed by atoms with Gasteiger partial charge in [-0.3, -0.25) is 0 Å². The van der Waals surface area contributed by atoms with Gasteiger partial charge in [0.2, 0.25) is 0 Å². The van der Waals surface area contributed by atoms with Crippen molar-refractivity contribution < 1.29 is 0 Å². The first-order valence-corrected chi connectivity index (χ1v) is 8.97. The van der Waals surface area contributed by atoms with E-state index in [0.717, 1.165) is 13.1 Å². The monoisotopic (exact) mass is 309 g/mol. The number of likely N-dealkylation sites (tertiary alicyclic amines) is 1. The smallest absolute Gasteiger partial charge is 0.0325 e. The topological polar surface area (TPSA) is 18.5 Å². The highest BCUT2D eigenvalue weighted by molar-refractivity contribution is 7.11. The lowest BCUT2D eigenvalue weighted by Gasteiger charge is -2.21. The first-order valence-electron chi connectivity index (χ1n) is 8.16. The fourth-order valence-corrected chi connectivity index (χ4v) is 3.66. The molecular weight excluding hydrogens is 278 g/mol. The number of nitrogens with one attached hydrogen (secondary N) is 1. The number of rotatable bonds is 7. The van der Waals surface area contributed by atoms with Crippen LogP contribution in [0.2, 0.25) is 0 Å². The summed E-state index contributed by atoms with van der Waals surface area (Å²) in [5.74, 6) is 0. The van der Waals surface area contributed by atoms with Crippen molar-refractivity contribution in [1.82, 2.24) is 15.1 Å². The van der Waals surface area contributed by atoms with Crippen molar-refractivity contribution in [2.24, 2.45) is 0 Å². The fourth-order valence-electron chi connectivity index (χ4n) is 2.62. The van der Waals surface area contributed by atoms with Crippen LogP contribution in [0.3, 0.4) is 0 Å². The summed E-state index contributed by atoms with van der Waals surface area (Å²) in [4.78, 5) is 7.95. The number of likely N-dealkylation sites (N-methyl/N-ethyl adjacent to an activating group) is 1. The van der Waals surface area contributed by atoms with Gasteiger partial charge in [-0.25, -0.2) is 0 Å². The van der Waals surface area contributed by atoms with E-state index in [2.05, 4.69) is 55.1 Å². The van der Waals surface area contributed by atoms with E-state index in [1.165, 1.54) is 48.8 Å². The molecule has 1 aliphatic heterocycles. The summed E-state index contributed by atoms with van der Waals surface area (Å²) in [5, 5.41) is 3.56. The molecule has 4 heteroatoms. The fraction of sp³-hybridized carbons (Fsp3) is 0.765. The molecule has 0 atom stereocenters. The second-order valence-electron chi connectivity index (χ2n) is 7.26. The zero-order valence-electron chi connectivity index (χ0n) is 14.1. The maximum absolute atomic E-state index is 3.56. The third-order valence-corrected chi connectivity index (χ3v) is 5.00. The highest BCUT2D eigenvalue weighted by Gasteiger charge is 2.13. The second-order valence-corrected chi connectivity index (χ2v) is 8.51. The van der Waals surface area contributed by atoms with E-state index in [9.17, 15) is 0 Å². The molecule has 120 valence electrons. The Labute approximate surface area is 134 Å². The molecule has 1 N–H and O–H groups in total. The molecule has 2 heterocycles. The van der Waals surface area contributed by atoms with Crippen molar-refractivity contribution in [3.63, 3.8) is 0 Å². The van der Waals surface area contributed by atoms with Crippen LogP contribution in [-0.4, -0.2) is 48.6 Å². The highest BCUT2D eigenvalue weighted by atomic mass is 32.1. The van der Waals surface area contributed by atoms with E-state index in [1.807, 2.05) is 11.3 Å². The summed E-state index contributed by atoms with van der Waals surface area (Å²) in [7, 11) is 2.24. The van der Waals surface area contributed by atoms with Crippen molar-refractivity contribution in [1.29, 1.82) is 0 Å². The molecule has 0 spiro atoms. The molecule has 1 aliphatic rings. The Morgan fingerprint density at radius 3 is 2.52 bits per heavy atom. The first kappa shape index (κ1) is 16.9. The van der Waals surface area contributed by atoms with Gasteiger partial charge in [0.25, 0.3) is 0 Å². The van der Waals surface area contributed by atoms with Gasteiger partial charge in [0, 0.05) is 41.5 Å². The Bertz CT molecular complexity index is 416. The van der Waals surface area contributed by atoms with E-state index in [0.29, 0.717) is 0 Å². The Morgan fingerprint density at radius 1 is 1.19 bits per heavy atom. The van der Waals surface area contributed by atoms with Crippen LogP contribution in [0.4, 0.5) is 0 Å². The SMILES string of the molecule is CN(CCN1CCCC1)Cc1ccc(CNC(C)(C)C)s1. The highest BCUT2D eigenvalue weighted by Crippen LogP contribution is 2.19. The normalized spacial score (nSPS) is 17.0. The number of thiophene rings is 1. The molecular formula is C17H31N3S. The van der Waals surface area contributed by atoms with Gasteiger partial charge in [-0.1, -0.05) is 0 Å². The van der Waals surface area contributed by atoms with E-state index in [-0.39, 0.29) is 5.54 Å². The average molecular weight is 310 g/mol. The molecule has 2 rings (SSSR count). The Hall–Kier alpha value is -0.420. The Kier molecular flexibility index (Phi) is 6.23. The Balaban J connectivity index is 1.70. The summed E-state index contributed by atoms with van der Waals surface area (Å²) < 4.78 is 0. The van der Waals surface area contributed by atoms with Crippen LogP contribution >= 0.6 is 11.3 Å². The quantitative estimate of drug-likeness (QED) is 0.834. The van der Waals surface area contributed by atoms with Gasteiger partial charge in [-0.15, -0.1) is 11.3 Å². The summed E-state index contributed by atoms with van der Waals surface area (Å²) in [6, 6.07) is 4.56. The summed E-state index contributed by atoms with van der Waals surface area (Å²) >= 11 is 1.94. The third-order valence-electron chi connectivity index (χ3n) is 3.93. The molecule has 1 aromatic rings. The van der Waals surface area contributed by atoms with Gasteiger partial charge in [0.05, 0.1) is 0 Å². The van der Waals surface area contributed by atoms with Gasteiger partial charge in [0.1, 0.15) is 0 Å². The van der Waals surface area contributed by atoms with Gasteiger partial charge in [-0.2, -0.15) is 0 Å².